The summed E-state index contributed by atoms with van der Waals surface area (Å²) in [5.41, 5.74) is 3.14. The molecule has 2 rings (SSSR count). The van der Waals surface area contributed by atoms with Crippen molar-refractivity contribution < 1.29 is 4.79 Å². The van der Waals surface area contributed by atoms with Gasteiger partial charge in [-0.3, -0.25) is 4.79 Å². The van der Waals surface area contributed by atoms with Crippen molar-refractivity contribution in [3.05, 3.63) is 34.3 Å². The SMILES string of the molecule is Cc1nnc(SC(C)C(=O)Nc2cccc(C)c2C)s1. The summed E-state index contributed by atoms with van der Waals surface area (Å²) >= 11 is 2.94. The van der Waals surface area contributed by atoms with E-state index in [4.69, 9.17) is 0 Å². The fourth-order valence-corrected chi connectivity index (χ4v) is 3.61. The summed E-state index contributed by atoms with van der Waals surface area (Å²) in [6.07, 6.45) is 0. The Morgan fingerprint density at radius 2 is 2.05 bits per heavy atom. The van der Waals surface area contributed by atoms with Crippen molar-refractivity contribution in [3.63, 3.8) is 0 Å². The predicted octanol–water partition coefficient (Wildman–Crippen LogP) is 3.58. The van der Waals surface area contributed by atoms with Gasteiger partial charge in [0.15, 0.2) is 4.34 Å². The van der Waals surface area contributed by atoms with Gasteiger partial charge >= 0.3 is 0 Å². The summed E-state index contributed by atoms with van der Waals surface area (Å²) in [5, 5.41) is 11.7. The Hall–Kier alpha value is -1.40. The first-order valence-corrected chi connectivity index (χ1v) is 8.01. The first-order valence-electron chi connectivity index (χ1n) is 6.31. The van der Waals surface area contributed by atoms with E-state index >= 15 is 0 Å². The van der Waals surface area contributed by atoms with Crippen LogP contribution in [0.4, 0.5) is 5.69 Å². The fraction of sp³-hybridized carbons (Fsp3) is 0.357. The third kappa shape index (κ3) is 3.58. The van der Waals surface area contributed by atoms with Crippen LogP contribution < -0.4 is 5.32 Å². The van der Waals surface area contributed by atoms with Gasteiger partial charge in [-0.2, -0.15) is 0 Å². The maximum atomic E-state index is 12.2. The predicted molar refractivity (Wildman–Crippen MR) is 84.5 cm³/mol. The standard InChI is InChI=1S/C14H17N3OS2/c1-8-6-5-7-12(9(8)2)15-13(18)10(3)19-14-17-16-11(4)20-14/h5-7,10H,1-4H3,(H,15,18). The normalized spacial score (nSPS) is 12.2. The molecule has 1 amide bonds. The topological polar surface area (TPSA) is 54.9 Å². The molecule has 1 aromatic carbocycles. The Labute approximate surface area is 127 Å². The highest BCUT2D eigenvalue weighted by molar-refractivity contribution is 8.02. The molecule has 0 saturated carbocycles. The molecule has 0 saturated heterocycles. The fourth-order valence-electron chi connectivity index (χ4n) is 1.65. The minimum atomic E-state index is -0.206. The highest BCUT2D eigenvalue weighted by Gasteiger charge is 2.17. The van der Waals surface area contributed by atoms with Crippen LogP contribution in [0.3, 0.4) is 0 Å². The van der Waals surface area contributed by atoms with Crippen molar-refractivity contribution in [3.8, 4) is 0 Å². The molecular formula is C14H17N3OS2. The minimum absolute atomic E-state index is 0.0171. The zero-order chi connectivity index (χ0) is 14.7. The van der Waals surface area contributed by atoms with E-state index in [9.17, 15) is 4.79 Å². The molecule has 6 heteroatoms. The molecule has 0 radical (unpaired) electrons. The summed E-state index contributed by atoms with van der Waals surface area (Å²) in [7, 11) is 0. The van der Waals surface area contributed by atoms with E-state index in [0.29, 0.717) is 0 Å². The number of nitrogens with one attached hydrogen (secondary N) is 1. The quantitative estimate of drug-likeness (QED) is 0.877. The second kappa shape index (κ2) is 6.37. The number of hydrogen-bond acceptors (Lipinski definition) is 5. The molecule has 0 aliphatic rings. The molecule has 0 spiro atoms. The number of carbonyl (C=O) groups excluding carboxylic acids is 1. The van der Waals surface area contributed by atoms with E-state index in [0.717, 1.165) is 20.6 Å². The van der Waals surface area contributed by atoms with Crippen LogP contribution in [0.15, 0.2) is 22.5 Å². The van der Waals surface area contributed by atoms with Crippen LogP contribution in [-0.4, -0.2) is 21.4 Å². The number of benzene rings is 1. The number of aryl methyl sites for hydroxylation is 2. The number of hydrogen-bond donors (Lipinski definition) is 1. The highest BCUT2D eigenvalue weighted by Crippen LogP contribution is 2.27. The van der Waals surface area contributed by atoms with Gasteiger partial charge in [-0.1, -0.05) is 35.2 Å². The minimum Gasteiger partial charge on any atom is -0.325 e. The van der Waals surface area contributed by atoms with E-state index in [1.54, 1.807) is 0 Å². The van der Waals surface area contributed by atoms with E-state index in [2.05, 4.69) is 15.5 Å². The Morgan fingerprint density at radius 3 is 2.70 bits per heavy atom. The van der Waals surface area contributed by atoms with E-state index in [1.807, 2.05) is 45.9 Å². The van der Waals surface area contributed by atoms with Crippen LogP contribution >= 0.6 is 23.1 Å². The van der Waals surface area contributed by atoms with Crippen LogP contribution in [0.1, 0.15) is 23.1 Å². The molecule has 0 fully saturated rings. The smallest absolute Gasteiger partial charge is 0.237 e. The van der Waals surface area contributed by atoms with Crippen LogP contribution in [0.25, 0.3) is 0 Å². The Morgan fingerprint density at radius 1 is 1.30 bits per heavy atom. The molecule has 1 N–H and O–H groups in total. The van der Waals surface area contributed by atoms with Crippen molar-refractivity contribution in [1.29, 1.82) is 0 Å². The zero-order valence-electron chi connectivity index (χ0n) is 11.9. The lowest BCUT2D eigenvalue weighted by atomic mass is 10.1. The zero-order valence-corrected chi connectivity index (χ0v) is 13.6. The van der Waals surface area contributed by atoms with Gasteiger partial charge in [-0.15, -0.1) is 10.2 Å². The third-order valence-corrected chi connectivity index (χ3v) is 5.04. The first-order chi connectivity index (χ1) is 9.47. The van der Waals surface area contributed by atoms with Gasteiger partial charge < -0.3 is 5.32 Å². The van der Waals surface area contributed by atoms with Crippen molar-refractivity contribution in [1.82, 2.24) is 10.2 Å². The van der Waals surface area contributed by atoms with Crippen LogP contribution in [0.2, 0.25) is 0 Å². The number of aromatic nitrogens is 2. The number of amides is 1. The Balaban J connectivity index is 2.02. The lowest BCUT2D eigenvalue weighted by Gasteiger charge is -2.13. The Bertz CT molecular complexity index is 625. The van der Waals surface area contributed by atoms with Crippen LogP contribution in [-0.2, 0) is 4.79 Å². The number of carbonyl (C=O) groups is 1. The van der Waals surface area contributed by atoms with Crippen molar-refractivity contribution in [2.45, 2.75) is 37.3 Å². The van der Waals surface area contributed by atoms with Crippen LogP contribution in [0, 0.1) is 20.8 Å². The van der Waals surface area contributed by atoms with Gasteiger partial charge in [-0.25, -0.2) is 0 Å². The summed E-state index contributed by atoms with van der Waals surface area (Å²) in [6.45, 7) is 7.83. The maximum Gasteiger partial charge on any atom is 0.237 e. The number of rotatable bonds is 4. The summed E-state index contributed by atoms with van der Waals surface area (Å²) in [4.78, 5) is 12.2. The number of nitrogens with zero attached hydrogens (tertiary/aromatic N) is 2. The monoisotopic (exact) mass is 307 g/mol. The van der Waals surface area contributed by atoms with Gasteiger partial charge in [0.25, 0.3) is 0 Å². The van der Waals surface area contributed by atoms with Crippen molar-refractivity contribution in [2.24, 2.45) is 0 Å². The molecule has 1 unspecified atom stereocenters. The number of anilines is 1. The molecule has 1 heterocycles. The number of thioether (sulfide) groups is 1. The van der Waals surface area contributed by atoms with Crippen molar-refractivity contribution in [2.75, 3.05) is 5.32 Å². The first kappa shape index (κ1) is 15.0. The molecule has 4 nitrogen and oxygen atoms in total. The van der Waals surface area contributed by atoms with Gasteiger partial charge in [-0.05, 0) is 44.9 Å². The lowest BCUT2D eigenvalue weighted by Crippen LogP contribution is -2.22. The van der Waals surface area contributed by atoms with Gasteiger partial charge in [0.1, 0.15) is 5.01 Å². The average molecular weight is 307 g/mol. The molecule has 2 aromatic rings. The largest absolute Gasteiger partial charge is 0.325 e. The van der Waals surface area contributed by atoms with Gasteiger partial charge in [0, 0.05) is 5.69 Å². The second-order valence-electron chi connectivity index (χ2n) is 4.58. The molecule has 0 aliphatic carbocycles. The molecule has 1 aromatic heterocycles. The summed E-state index contributed by atoms with van der Waals surface area (Å²) < 4.78 is 0.825. The van der Waals surface area contributed by atoms with E-state index in [1.165, 1.54) is 28.7 Å². The molecular weight excluding hydrogens is 290 g/mol. The lowest BCUT2D eigenvalue weighted by molar-refractivity contribution is -0.115. The third-order valence-electron chi connectivity index (χ3n) is 3.02. The maximum absolute atomic E-state index is 12.2. The molecule has 106 valence electrons. The highest BCUT2D eigenvalue weighted by atomic mass is 32.2. The summed E-state index contributed by atoms with van der Waals surface area (Å²) in [6, 6.07) is 5.91. The van der Waals surface area contributed by atoms with Crippen LogP contribution in [0.5, 0.6) is 0 Å². The van der Waals surface area contributed by atoms with Gasteiger partial charge in [0.05, 0.1) is 5.25 Å². The molecule has 0 aliphatic heterocycles. The van der Waals surface area contributed by atoms with Gasteiger partial charge in [0.2, 0.25) is 5.91 Å². The summed E-state index contributed by atoms with van der Waals surface area (Å²) in [5.74, 6) is -0.0171. The average Bonchev–Trinajstić information content (AvgIpc) is 2.80. The molecule has 0 bridgehead atoms. The molecule has 1 atom stereocenters. The van der Waals surface area contributed by atoms with E-state index < -0.39 is 0 Å². The second-order valence-corrected chi connectivity index (χ2v) is 7.35. The molecule has 20 heavy (non-hydrogen) atoms. The Kier molecular flexibility index (Phi) is 4.77. The van der Waals surface area contributed by atoms with Crippen molar-refractivity contribution >= 4 is 34.7 Å². The van der Waals surface area contributed by atoms with E-state index in [-0.39, 0.29) is 11.2 Å².